The van der Waals surface area contributed by atoms with Crippen molar-refractivity contribution in [3.63, 3.8) is 0 Å². The van der Waals surface area contributed by atoms with Gasteiger partial charge in [-0.1, -0.05) is 0 Å². The molecule has 0 aliphatic rings. The van der Waals surface area contributed by atoms with Gasteiger partial charge in [0.05, 0.1) is 0 Å². The summed E-state index contributed by atoms with van der Waals surface area (Å²) in [5.41, 5.74) is 0. The zero-order chi connectivity index (χ0) is 14.2. The number of aromatic nitrogens is 6. The number of aryl methyl sites for hydroxylation is 2. The molecule has 19 heavy (non-hydrogen) atoms. The van der Waals surface area contributed by atoms with Crippen molar-refractivity contribution < 1.29 is 34.4 Å². The Hall–Kier alpha value is -1.98. The third-order valence-corrected chi connectivity index (χ3v) is 11.1. The standard InChI is InChI=1S/2C3H3N4O2.Hg/c2*1-6-2-3(4-5-6)7(8)9;/h2*1H3;. The Balaban J connectivity index is 2.47. The summed E-state index contributed by atoms with van der Waals surface area (Å²) in [5.74, 6) is -0.695. The average molecular weight is 455 g/mol. The number of nitro groups is 2. The van der Waals surface area contributed by atoms with Crippen LogP contribution in [0.3, 0.4) is 0 Å². The van der Waals surface area contributed by atoms with Crippen LogP contribution in [0.15, 0.2) is 0 Å². The molecule has 0 aromatic carbocycles. The van der Waals surface area contributed by atoms with Gasteiger partial charge < -0.3 is 0 Å². The number of hydrogen-bond donors (Lipinski definition) is 0. The van der Waals surface area contributed by atoms with E-state index in [4.69, 9.17) is 0 Å². The molecule has 0 atom stereocenters. The molecule has 13 heteroatoms. The van der Waals surface area contributed by atoms with Crippen LogP contribution in [0, 0.1) is 20.2 Å². The molecular weight excluding hydrogens is 449 g/mol. The zero-order valence-corrected chi connectivity index (χ0v) is 15.4. The molecule has 0 radical (unpaired) electrons. The fourth-order valence-electron chi connectivity index (χ4n) is 1.56. The molecule has 0 amide bonds. The molecule has 0 aliphatic heterocycles. The van der Waals surface area contributed by atoms with Gasteiger partial charge in [0.25, 0.3) is 0 Å². The molecule has 2 aromatic heterocycles. The molecule has 0 aliphatic carbocycles. The first-order valence-electron chi connectivity index (χ1n) is 4.97. The summed E-state index contributed by atoms with van der Waals surface area (Å²) >= 11 is -2.43. The van der Waals surface area contributed by atoms with Gasteiger partial charge in [-0.15, -0.1) is 0 Å². The molecule has 2 rings (SSSR count). The topological polar surface area (TPSA) is 148 Å². The molecule has 0 saturated carbocycles. The fraction of sp³-hybridized carbons (Fsp3) is 0.333. The predicted molar refractivity (Wildman–Crippen MR) is 54.6 cm³/mol. The average Bonchev–Trinajstić information content (AvgIpc) is 2.85. The summed E-state index contributed by atoms with van der Waals surface area (Å²) in [5, 5.41) is 35.7. The minimum absolute atomic E-state index is 0.348. The van der Waals surface area contributed by atoms with Crippen LogP contribution in [0.2, 0.25) is 0 Å². The van der Waals surface area contributed by atoms with Crippen LogP contribution in [-0.4, -0.2) is 39.8 Å². The second kappa shape index (κ2) is 4.95. The molecule has 12 nitrogen and oxygen atoms in total. The van der Waals surface area contributed by atoms with Crippen molar-refractivity contribution in [1.29, 1.82) is 0 Å². The summed E-state index contributed by atoms with van der Waals surface area (Å²) in [4.78, 5) is 20.4. The Morgan fingerprint density at radius 2 is 1.32 bits per heavy atom. The second-order valence-electron chi connectivity index (χ2n) is 3.66. The van der Waals surface area contributed by atoms with Crippen molar-refractivity contribution in [2.24, 2.45) is 14.1 Å². The molecule has 2 heterocycles. The van der Waals surface area contributed by atoms with Gasteiger partial charge in [0.1, 0.15) is 0 Å². The fourth-order valence-corrected chi connectivity index (χ4v) is 7.85. The Bertz CT molecular complexity index is 606. The van der Waals surface area contributed by atoms with Crippen LogP contribution in [0.1, 0.15) is 0 Å². The van der Waals surface area contributed by atoms with Crippen LogP contribution in [0.5, 0.6) is 0 Å². The van der Waals surface area contributed by atoms with Crippen molar-refractivity contribution >= 4 is 18.0 Å². The molecule has 0 N–H and O–H groups in total. The first kappa shape index (κ1) is 13.4. The van der Waals surface area contributed by atoms with E-state index < -0.39 is 34.4 Å². The molecule has 2 aromatic rings. The van der Waals surface area contributed by atoms with E-state index in [2.05, 4.69) is 20.6 Å². The van der Waals surface area contributed by atoms with Crippen molar-refractivity contribution in [2.45, 2.75) is 0 Å². The second-order valence-corrected chi connectivity index (χ2v) is 10.2. The van der Waals surface area contributed by atoms with Gasteiger partial charge in [-0.05, 0) is 0 Å². The summed E-state index contributed by atoms with van der Waals surface area (Å²) in [7, 11) is 3.04. The first-order valence-corrected chi connectivity index (χ1v) is 10.5. The zero-order valence-electron chi connectivity index (χ0n) is 9.92. The summed E-state index contributed by atoms with van der Waals surface area (Å²) in [6, 6.07) is 0. The van der Waals surface area contributed by atoms with Gasteiger partial charge in [0.2, 0.25) is 0 Å². The molecular formula is C6H6HgN8O4. The van der Waals surface area contributed by atoms with E-state index in [1.54, 1.807) is 0 Å². The van der Waals surface area contributed by atoms with E-state index in [1.165, 1.54) is 23.5 Å². The van der Waals surface area contributed by atoms with E-state index in [9.17, 15) is 20.2 Å². The quantitative estimate of drug-likeness (QED) is 0.287. The van der Waals surface area contributed by atoms with E-state index >= 15 is 0 Å². The molecule has 0 fully saturated rings. The predicted octanol–water partition coefficient (Wildman–Crippen LogP) is -2.21. The van der Waals surface area contributed by atoms with Crippen LogP contribution in [0.25, 0.3) is 0 Å². The van der Waals surface area contributed by atoms with E-state index in [-0.39, 0.29) is 11.6 Å². The summed E-state index contributed by atoms with van der Waals surface area (Å²) < 4.78 is 3.30. The van der Waals surface area contributed by atoms with Crippen molar-refractivity contribution in [3.8, 4) is 0 Å². The molecule has 0 saturated heterocycles. The third kappa shape index (κ3) is 2.43. The van der Waals surface area contributed by atoms with Gasteiger partial charge >= 0.3 is 117 Å². The Kier molecular flexibility index (Phi) is 3.50. The van der Waals surface area contributed by atoms with Crippen molar-refractivity contribution in [2.75, 3.05) is 0 Å². The molecule has 0 bridgehead atoms. The summed E-state index contributed by atoms with van der Waals surface area (Å²) in [6.45, 7) is 0. The molecule has 96 valence electrons. The number of nitrogens with zero attached hydrogens (tertiary/aromatic N) is 8. The number of rotatable bonds is 4. The van der Waals surface area contributed by atoms with Gasteiger partial charge in [-0.2, -0.15) is 0 Å². The van der Waals surface area contributed by atoms with Crippen molar-refractivity contribution in [1.82, 2.24) is 30.0 Å². The normalized spacial score (nSPS) is 10.2. The van der Waals surface area contributed by atoms with Crippen LogP contribution in [-0.2, 0) is 38.7 Å². The van der Waals surface area contributed by atoms with Gasteiger partial charge in [-0.3, -0.25) is 0 Å². The Morgan fingerprint density at radius 3 is 1.63 bits per heavy atom. The van der Waals surface area contributed by atoms with E-state index in [1.807, 2.05) is 0 Å². The number of hydrogen-bond acceptors (Lipinski definition) is 8. The first-order chi connectivity index (χ1) is 8.91. The van der Waals surface area contributed by atoms with Crippen LogP contribution >= 0.6 is 0 Å². The maximum atomic E-state index is 10.8. The minimum atomic E-state index is -2.43. The SMILES string of the molecule is Cn1nnc([N+](=O)[O-])[c]1[Hg][c]1c([N+](=O)[O-])nnn1C. The van der Waals surface area contributed by atoms with Gasteiger partial charge in [-0.25, -0.2) is 0 Å². The van der Waals surface area contributed by atoms with Crippen LogP contribution < -0.4 is 6.41 Å². The summed E-state index contributed by atoms with van der Waals surface area (Å²) in [6.07, 6.45) is 0. The third-order valence-electron chi connectivity index (χ3n) is 2.53. The van der Waals surface area contributed by atoms with Crippen molar-refractivity contribution in [3.05, 3.63) is 20.2 Å². The van der Waals surface area contributed by atoms with E-state index in [0.29, 0.717) is 6.41 Å². The van der Waals surface area contributed by atoms with Gasteiger partial charge in [0, 0.05) is 0 Å². The monoisotopic (exact) mass is 456 g/mol. The maximum absolute atomic E-state index is 10.8. The molecule has 0 spiro atoms. The Labute approximate surface area is 117 Å². The van der Waals surface area contributed by atoms with Gasteiger partial charge in [0.15, 0.2) is 0 Å². The van der Waals surface area contributed by atoms with E-state index in [0.717, 1.165) is 0 Å². The Morgan fingerprint density at radius 1 is 0.947 bits per heavy atom. The van der Waals surface area contributed by atoms with Crippen LogP contribution in [0.4, 0.5) is 11.6 Å². The molecule has 0 unspecified atom stereocenters.